The molecule has 0 spiro atoms. The van der Waals surface area contributed by atoms with E-state index in [0.717, 1.165) is 0 Å². The molecule has 8 heteroatoms. The lowest BCUT2D eigenvalue weighted by molar-refractivity contribution is -0.385. The second-order valence-corrected chi connectivity index (χ2v) is 5.70. The van der Waals surface area contributed by atoms with Gasteiger partial charge in [-0.05, 0) is 38.7 Å². The lowest BCUT2D eigenvalue weighted by Gasteiger charge is -2.27. The Morgan fingerprint density at radius 2 is 2.00 bits per heavy atom. The number of hydrogen-bond donors (Lipinski definition) is 2. The third kappa shape index (κ3) is 4.01. The molecule has 8 nitrogen and oxygen atoms in total. The fourth-order valence-electron chi connectivity index (χ4n) is 2.92. The molecule has 1 aromatic rings. The van der Waals surface area contributed by atoms with E-state index >= 15 is 0 Å². The van der Waals surface area contributed by atoms with Crippen molar-refractivity contribution in [2.24, 2.45) is 5.92 Å². The summed E-state index contributed by atoms with van der Waals surface area (Å²) in [5.74, 6) is -1.60. The smallest absolute Gasteiger partial charge is 0.306 e. The number of rotatable bonds is 6. The average molecular weight is 336 g/mol. The topological polar surface area (TPSA) is 119 Å². The Morgan fingerprint density at radius 1 is 1.33 bits per heavy atom. The maximum absolute atomic E-state index is 12.5. The number of ether oxygens (including phenoxy) is 1. The van der Waals surface area contributed by atoms with Gasteiger partial charge in [0, 0.05) is 12.1 Å². The summed E-state index contributed by atoms with van der Waals surface area (Å²) in [6, 6.07) is 4.06. The summed E-state index contributed by atoms with van der Waals surface area (Å²) in [5.41, 5.74) is -0.401. The number of nitro groups is 1. The van der Waals surface area contributed by atoms with Crippen molar-refractivity contribution in [2.45, 2.75) is 38.6 Å². The van der Waals surface area contributed by atoms with Crippen molar-refractivity contribution in [3.05, 3.63) is 33.9 Å². The Balaban J connectivity index is 2.15. The fourth-order valence-corrected chi connectivity index (χ4v) is 2.92. The zero-order chi connectivity index (χ0) is 17.7. The van der Waals surface area contributed by atoms with Gasteiger partial charge in [-0.25, -0.2) is 0 Å². The summed E-state index contributed by atoms with van der Waals surface area (Å²) < 4.78 is 5.34. The van der Waals surface area contributed by atoms with Crippen molar-refractivity contribution in [2.75, 3.05) is 6.61 Å². The predicted molar refractivity (Wildman–Crippen MR) is 85.1 cm³/mol. The van der Waals surface area contributed by atoms with E-state index in [1.165, 1.54) is 18.2 Å². The summed E-state index contributed by atoms with van der Waals surface area (Å²) in [5, 5.41) is 23.0. The van der Waals surface area contributed by atoms with Crippen LogP contribution in [0.2, 0.25) is 0 Å². The first-order chi connectivity index (χ1) is 11.4. The molecule has 1 aliphatic rings. The highest BCUT2D eigenvalue weighted by molar-refractivity contribution is 6.01. The monoisotopic (exact) mass is 336 g/mol. The zero-order valence-corrected chi connectivity index (χ0v) is 13.4. The second kappa shape index (κ2) is 7.76. The van der Waals surface area contributed by atoms with Crippen LogP contribution in [0.25, 0.3) is 0 Å². The molecule has 0 saturated heterocycles. The van der Waals surface area contributed by atoms with Crippen LogP contribution in [0.4, 0.5) is 5.69 Å². The molecule has 0 aliphatic heterocycles. The van der Waals surface area contributed by atoms with E-state index in [9.17, 15) is 19.7 Å². The summed E-state index contributed by atoms with van der Waals surface area (Å²) in [4.78, 5) is 34.1. The predicted octanol–water partition coefficient (Wildman–Crippen LogP) is 2.37. The molecular formula is C16H20N2O6. The van der Waals surface area contributed by atoms with E-state index in [1.54, 1.807) is 6.92 Å². The number of nitrogens with one attached hydrogen (secondary N) is 1. The van der Waals surface area contributed by atoms with E-state index in [1.807, 2.05) is 0 Å². The van der Waals surface area contributed by atoms with Gasteiger partial charge in [0.1, 0.15) is 5.75 Å². The van der Waals surface area contributed by atoms with Gasteiger partial charge >= 0.3 is 5.97 Å². The molecular weight excluding hydrogens is 316 g/mol. The van der Waals surface area contributed by atoms with Gasteiger partial charge in [-0.1, -0.05) is 6.07 Å². The molecule has 0 heterocycles. The standard InChI is InChI=1S/C16H20N2O6/c1-2-24-13-5-3-4-12(18(22)23)14(13)15(19)17-11-8-6-10(7-9-11)16(20)21/h3-5,10-11H,2,6-9H2,1H3,(H,17,19)(H,20,21). The minimum absolute atomic E-state index is 0.0929. The largest absolute Gasteiger partial charge is 0.493 e. The molecule has 2 rings (SSSR count). The Labute approximate surface area is 139 Å². The first-order valence-corrected chi connectivity index (χ1v) is 7.87. The fraction of sp³-hybridized carbons (Fsp3) is 0.500. The molecule has 2 N–H and O–H groups in total. The van der Waals surface area contributed by atoms with Crippen molar-refractivity contribution in [3.63, 3.8) is 0 Å². The van der Waals surface area contributed by atoms with Crippen LogP contribution in [0.1, 0.15) is 43.0 Å². The quantitative estimate of drug-likeness (QED) is 0.608. The molecule has 1 aliphatic carbocycles. The van der Waals surface area contributed by atoms with Crippen LogP contribution in [0.15, 0.2) is 18.2 Å². The number of carboxylic acid groups (broad SMARTS) is 1. The highest BCUT2D eigenvalue weighted by atomic mass is 16.6. The molecule has 1 aromatic carbocycles. The summed E-state index contributed by atoms with van der Waals surface area (Å²) in [6.07, 6.45) is 2.03. The van der Waals surface area contributed by atoms with Crippen LogP contribution >= 0.6 is 0 Å². The number of amides is 1. The van der Waals surface area contributed by atoms with Crippen molar-refractivity contribution in [1.82, 2.24) is 5.32 Å². The molecule has 0 aromatic heterocycles. The van der Waals surface area contributed by atoms with Gasteiger partial charge < -0.3 is 15.2 Å². The maximum atomic E-state index is 12.5. The molecule has 0 bridgehead atoms. The van der Waals surface area contributed by atoms with Crippen LogP contribution in [0, 0.1) is 16.0 Å². The first kappa shape index (κ1) is 17.7. The third-order valence-corrected chi connectivity index (χ3v) is 4.14. The van der Waals surface area contributed by atoms with Crippen molar-refractivity contribution in [3.8, 4) is 5.75 Å². The van der Waals surface area contributed by atoms with Gasteiger partial charge in [0.2, 0.25) is 0 Å². The number of aliphatic carboxylic acids is 1. The number of carboxylic acids is 1. The lowest BCUT2D eigenvalue weighted by Crippen LogP contribution is -2.39. The Bertz CT molecular complexity index is 637. The summed E-state index contributed by atoms with van der Waals surface area (Å²) in [7, 11) is 0. The van der Waals surface area contributed by atoms with Crippen molar-refractivity contribution >= 4 is 17.6 Å². The number of hydrogen-bond acceptors (Lipinski definition) is 5. The molecule has 130 valence electrons. The van der Waals surface area contributed by atoms with Gasteiger partial charge in [0.05, 0.1) is 17.4 Å². The summed E-state index contributed by atoms with van der Waals surface area (Å²) >= 11 is 0. The minimum atomic E-state index is -0.822. The van der Waals surface area contributed by atoms with Crippen molar-refractivity contribution in [1.29, 1.82) is 0 Å². The number of nitro benzene ring substituents is 1. The van der Waals surface area contributed by atoms with Crippen LogP contribution < -0.4 is 10.1 Å². The second-order valence-electron chi connectivity index (χ2n) is 5.70. The first-order valence-electron chi connectivity index (χ1n) is 7.87. The van der Waals surface area contributed by atoms with Gasteiger partial charge in [-0.3, -0.25) is 19.7 Å². The molecule has 0 radical (unpaired) electrons. The lowest BCUT2D eigenvalue weighted by atomic mass is 9.86. The van der Waals surface area contributed by atoms with E-state index < -0.39 is 16.8 Å². The van der Waals surface area contributed by atoms with Crippen LogP contribution in [-0.2, 0) is 4.79 Å². The Kier molecular flexibility index (Phi) is 5.73. The van der Waals surface area contributed by atoms with E-state index in [2.05, 4.69) is 5.32 Å². The number of carbonyl (C=O) groups excluding carboxylic acids is 1. The number of nitrogens with zero attached hydrogens (tertiary/aromatic N) is 1. The molecule has 1 amide bonds. The third-order valence-electron chi connectivity index (χ3n) is 4.14. The van der Waals surface area contributed by atoms with Gasteiger partial charge in [0.15, 0.2) is 5.56 Å². The van der Waals surface area contributed by atoms with Crippen LogP contribution in [0.5, 0.6) is 5.75 Å². The number of carbonyl (C=O) groups is 2. The summed E-state index contributed by atoms with van der Waals surface area (Å²) in [6.45, 7) is 2.01. The van der Waals surface area contributed by atoms with Crippen LogP contribution in [-0.4, -0.2) is 34.6 Å². The minimum Gasteiger partial charge on any atom is -0.493 e. The van der Waals surface area contributed by atoms with Gasteiger partial charge in [-0.15, -0.1) is 0 Å². The molecule has 0 atom stereocenters. The van der Waals surface area contributed by atoms with E-state index in [-0.39, 0.29) is 35.6 Å². The average Bonchev–Trinajstić information content (AvgIpc) is 2.55. The molecule has 0 unspecified atom stereocenters. The normalized spacial score (nSPS) is 20.2. The molecule has 1 saturated carbocycles. The Hall–Kier alpha value is -2.64. The molecule has 24 heavy (non-hydrogen) atoms. The SMILES string of the molecule is CCOc1cccc([N+](=O)[O-])c1C(=O)NC1CCC(C(=O)O)CC1. The van der Waals surface area contributed by atoms with E-state index in [4.69, 9.17) is 9.84 Å². The highest BCUT2D eigenvalue weighted by Crippen LogP contribution is 2.30. The molecule has 1 fully saturated rings. The van der Waals surface area contributed by atoms with Gasteiger partial charge in [-0.2, -0.15) is 0 Å². The van der Waals surface area contributed by atoms with Gasteiger partial charge in [0.25, 0.3) is 11.6 Å². The maximum Gasteiger partial charge on any atom is 0.306 e. The van der Waals surface area contributed by atoms with E-state index in [0.29, 0.717) is 25.7 Å². The number of benzene rings is 1. The Morgan fingerprint density at radius 3 is 2.54 bits per heavy atom. The van der Waals surface area contributed by atoms with Crippen LogP contribution in [0.3, 0.4) is 0 Å². The van der Waals surface area contributed by atoms with Crippen molar-refractivity contribution < 1.29 is 24.4 Å². The zero-order valence-electron chi connectivity index (χ0n) is 13.4. The highest BCUT2D eigenvalue weighted by Gasteiger charge is 2.30.